The van der Waals surface area contributed by atoms with E-state index in [4.69, 9.17) is 1.37 Å². The predicted molar refractivity (Wildman–Crippen MR) is 42.0 cm³/mol. The third kappa shape index (κ3) is 1.34. The van der Waals surface area contributed by atoms with Gasteiger partial charge in [0.2, 0.25) is 0 Å². The lowest BCUT2D eigenvalue weighted by Gasteiger charge is -1.98. The van der Waals surface area contributed by atoms with Gasteiger partial charge in [-0.25, -0.2) is 0 Å². The maximum Gasteiger partial charge on any atom is 0.150 e. The van der Waals surface area contributed by atoms with E-state index in [9.17, 15) is 9.59 Å². The van der Waals surface area contributed by atoms with Gasteiger partial charge in [0.25, 0.3) is 0 Å². The van der Waals surface area contributed by atoms with Crippen LogP contribution in [0, 0.1) is 6.92 Å². The average Bonchev–Trinajstić information content (AvgIpc) is 2.04. The Kier molecular flexibility index (Phi) is 1.77. The Hall–Kier alpha value is -1.44. The summed E-state index contributed by atoms with van der Waals surface area (Å²) in [5.41, 5.74) is 1.33. The molecule has 1 rings (SSSR count). The second-order valence-corrected chi connectivity index (χ2v) is 2.24. The molecule has 0 saturated heterocycles. The van der Waals surface area contributed by atoms with E-state index >= 15 is 0 Å². The number of hydrogen-bond acceptors (Lipinski definition) is 2. The van der Waals surface area contributed by atoms with Crippen molar-refractivity contribution in [2.75, 3.05) is 0 Å². The summed E-state index contributed by atoms with van der Waals surface area (Å²) in [6.07, 6.45) is -0.0712. The molecule has 0 bridgehead atoms. The van der Waals surface area contributed by atoms with Gasteiger partial charge in [0.15, 0.2) is 0 Å². The number of hydrogen-bond donors (Lipinski definition) is 0. The van der Waals surface area contributed by atoms with Crippen LogP contribution in [0.25, 0.3) is 0 Å². The molecule has 0 N–H and O–H groups in total. The fraction of sp³-hybridized carbons (Fsp3) is 0.111. The van der Waals surface area contributed by atoms with Crippen LogP contribution in [0.3, 0.4) is 0 Å². The van der Waals surface area contributed by atoms with Gasteiger partial charge in [-0.15, -0.1) is 0 Å². The molecule has 56 valence electrons. The molecule has 11 heavy (non-hydrogen) atoms. The van der Waals surface area contributed by atoms with Crippen LogP contribution in [0.1, 0.15) is 27.7 Å². The van der Waals surface area contributed by atoms with Crippen LogP contribution in [-0.2, 0) is 0 Å². The van der Waals surface area contributed by atoms with E-state index in [-0.39, 0.29) is 0 Å². The monoisotopic (exact) mass is 150 g/mol. The fourth-order valence-corrected chi connectivity index (χ4v) is 0.892. The van der Waals surface area contributed by atoms with Gasteiger partial charge in [0.1, 0.15) is 13.9 Å². The van der Waals surface area contributed by atoms with Crippen LogP contribution in [0.2, 0.25) is 0 Å². The van der Waals surface area contributed by atoms with Crippen molar-refractivity contribution in [3.8, 4) is 0 Å². The van der Waals surface area contributed by atoms with Crippen LogP contribution >= 0.6 is 0 Å². The largest absolute Gasteiger partial charge is 0.298 e. The standard InChI is InChI=1S/C9H8O2/c1-7-8(5-10)3-2-4-9(7)6-11/h2-6H,1H3/i5T. The van der Waals surface area contributed by atoms with E-state index in [0.29, 0.717) is 23.0 Å². The van der Waals surface area contributed by atoms with Gasteiger partial charge in [-0.1, -0.05) is 18.2 Å². The van der Waals surface area contributed by atoms with Crippen molar-refractivity contribution in [1.82, 2.24) is 0 Å². The molecule has 0 unspecified atom stereocenters. The highest BCUT2D eigenvalue weighted by molar-refractivity contribution is 5.85. The second-order valence-electron chi connectivity index (χ2n) is 2.24. The summed E-state index contributed by atoms with van der Waals surface area (Å²) in [6, 6.07) is 4.75. The van der Waals surface area contributed by atoms with Crippen molar-refractivity contribution < 1.29 is 11.0 Å². The molecule has 1 aromatic rings. The normalized spacial score (nSPS) is 10.5. The number of carbonyl (C=O) groups excluding carboxylic acids is 2. The van der Waals surface area contributed by atoms with Crippen molar-refractivity contribution in [3.05, 3.63) is 34.9 Å². The molecule has 0 radical (unpaired) electrons. The zero-order chi connectivity index (χ0) is 9.14. The molecule has 0 aliphatic carbocycles. The van der Waals surface area contributed by atoms with Crippen molar-refractivity contribution >= 4 is 12.5 Å². The van der Waals surface area contributed by atoms with Crippen molar-refractivity contribution in [1.29, 1.82) is 0 Å². The predicted octanol–water partition coefficient (Wildman–Crippen LogP) is 1.62. The topological polar surface area (TPSA) is 34.1 Å². The number of benzene rings is 1. The first-order valence-electron chi connectivity index (χ1n) is 3.72. The summed E-state index contributed by atoms with van der Waals surface area (Å²) in [4.78, 5) is 21.1. The molecule has 0 fully saturated rings. The Morgan fingerprint density at radius 2 is 2.00 bits per heavy atom. The van der Waals surface area contributed by atoms with Gasteiger partial charge in [-0.2, -0.15) is 0 Å². The summed E-state index contributed by atoms with van der Waals surface area (Å²) >= 11 is 0. The van der Waals surface area contributed by atoms with Gasteiger partial charge in [-0.05, 0) is 12.5 Å². The minimum Gasteiger partial charge on any atom is -0.298 e. The Morgan fingerprint density at radius 1 is 1.36 bits per heavy atom. The first kappa shape index (κ1) is 6.28. The van der Waals surface area contributed by atoms with E-state index in [0.717, 1.165) is 0 Å². The summed E-state index contributed by atoms with van der Waals surface area (Å²) in [7, 11) is 0. The molecule has 0 amide bonds. The first-order chi connectivity index (χ1) is 5.66. The van der Waals surface area contributed by atoms with E-state index in [1.54, 1.807) is 19.1 Å². The Morgan fingerprint density at radius 3 is 2.55 bits per heavy atom. The van der Waals surface area contributed by atoms with Gasteiger partial charge in [0.05, 0.1) is 0 Å². The third-order valence-corrected chi connectivity index (χ3v) is 1.61. The van der Waals surface area contributed by atoms with E-state index in [1.165, 1.54) is 6.07 Å². The fourth-order valence-electron chi connectivity index (χ4n) is 0.892. The molecular weight excluding hydrogens is 140 g/mol. The molecule has 0 saturated carbocycles. The highest BCUT2D eigenvalue weighted by Crippen LogP contribution is 2.08. The smallest absolute Gasteiger partial charge is 0.150 e. The van der Waals surface area contributed by atoms with E-state index in [2.05, 4.69) is 0 Å². The minimum atomic E-state index is -0.754. The summed E-state index contributed by atoms with van der Waals surface area (Å²) < 4.78 is 6.88. The van der Waals surface area contributed by atoms with Gasteiger partial charge in [0, 0.05) is 11.1 Å². The molecule has 0 spiro atoms. The Bertz CT molecular complexity index is 331. The van der Waals surface area contributed by atoms with Crippen LogP contribution in [0.5, 0.6) is 0 Å². The molecule has 0 heterocycles. The Balaban J connectivity index is 3.32. The summed E-state index contributed by atoms with van der Waals surface area (Å²) in [5.74, 6) is 0. The molecule has 1 aromatic carbocycles. The SMILES string of the molecule is [3H]C(=O)c1cccc(C=O)c1C. The van der Waals surface area contributed by atoms with Crippen molar-refractivity contribution in [2.45, 2.75) is 6.92 Å². The Labute approximate surface area is 66.3 Å². The summed E-state index contributed by atoms with van der Waals surface area (Å²) in [5, 5.41) is 0. The maximum atomic E-state index is 10.7. The van der Waals surface area contributed by atoms with Crippen LogP contribution in [-0.4, -0.2) is 12.5 Å². The highest BCUT2D eigenvalue weighted by atomic mass is 16.1. The molecular formula is C9H8O2. The summed E-state index contributed by atoms with van der Waals surface area (Å²) in [6.45, 7) is 1.66. The molecule has 0 aliphatic heterocycles. The van der Waals surface area contributed by atoms with Crippen LogP contribution < -0.4 is 0 Å². The zero-order valence-electron chi connectivity index (χ0n) is 7.13. The lowest BCUT2D eigenvalue weighted by Crippen LogP contribution is -1.91. The van der Waals surface area contributed by atoms with Gasteiger partial charge >= 0.3 is 0 Å². The second kappa shape index (κ2) is 3.10. The quantitative estimate of drug-likeness (QED) is 0.600. The lowest BCUT2D eigenvalue weighted by atomic mass is 10.0. The highest BCUT2D eigenvalue weighted by Gasteiger charge is 1.99. The minimum absolute atomic E-state index is 0.291. The van der Waals surface area contributed by atoms with Crippen molar-refractivity contribution in [2.24, 2.45) is 0 Å². The number of carbonyl (C=O) groups is 2. The molecule has 0 aliphatic rings. The molecule has 2 heteroatoms. The lowest BCUT2D eigenvalue weighted by molar-refractivity contribution is 0.112. The number of aldehydes is 2. The van der Waals surface area contributed by atoms with Gasteiger partial charge < -0.3 is 0 Å². The molecule has 0 aromatic heterocycles. The average molecular weight is 150 g/mol. The maximum absolute atomic E-state index is 10.7. The van der Waals surface area contributed by atoms with Gasteiger partial charge in [-0.3, -0.25) is 9.59 Å². The first-order valence-corrected chi connectivity index (χ1v) is 3.22. The van der Waals surface area contributed by atoms with E-state index in [1.807, 2.05) is 0 Å². The van der Waals surface area contributed by atoms with E-state index < -0.39 is 6.26 Å². The van der Waals surface area contributed by atoms with Crippen molar-refractivity contribution in [3.63, 3.8) is 0 Å². The molecule has 2 nitrogen and oxygen atoms in total. The zero-order valence-corrected chi connectivity index (χ0v) is 6.13. The number of rotatable bonds is 2. The van der Waals surface area contributed by atoms with Crippen LogP contribution in [0.15, 0.2) is 18.2 Å². The molecule has 0 atom stereocenters. The van der Waals surface area contributed by atoms with Crippen LogP contribution in [0.4, 0.5) is 0 Å². The third-order valence-electron chi connectivity index (χ3n) is 1.61.